The lowest BCUT2D eigenvalue weighted by molar-refractivity contribution is 0.0984. The highest BCUT2D eigenvalue weighted by Crippen LogP contribution is 2.20. The van der Waals surface area contributed by atoms with Crippen molar-refractivity contribution in [3.8, 4) is 0 Å². The van der Waals surface area contributed by atoms with Gasteiger partial charge in [-0.2, -0.15) is 0 Å². The normalized spacial score (nSPS) is 9.79. The Bertz CT molecular complexity index is 360. The third kappa shape index (κ3) is 2.60. The first-order chi connectivity index (χ1) is 6.65. The summed E-state index contributed by atoms with van der Waals surface area (Å²) in [6.45, 7) is 3.56. The second-order valence-corrected chi connectivity index (χ2v) is 3.39. The zero-order valence-corrected chi connectivity index (χ0v) is 8.55. The number of nitrogens with two attached hydrogens (primary N) is 1. The summed E-state index contributed by atoms with van der Waals surface area (Å²) in [6, 6.07) is 4.93. The van der Waals surface area contributed by atoms with Gasteiger partial charge in [-0.25, -0.2) is 0 Å². The minimum Gasteiger partial charge on any atom is -0.398 e. The highest BCUT2D eigenvalue weighted by Gasteiger charge is 2.06. The highest BCUT2D eigenvalue weighted by molar-refractivity contribution is 6.33. The van der Waals surface area contributed by atoms with Gasteiger partial charge in [-0.3, -0.25) is 4.79 Å². The molecule has 3 heteroatoms. The van der Waals surface area contributed by atoms with Crippen molar-refractivity contribution >= 4 is 23.1 Å². The van der Waals surface area contributed by atoms with Crippen LogP contribution in [0.3, 0.4) is 0 Å². The molecular formula is C11H12ClNO. The Morgan fingerprint density at radius 3 is 2.86 bits per heavy atom. The molecule has 0 aliphatic carbocycles. The van der Waals surface area contributed by atoms with Gasteiger partial charge in [-0.05, 0) is 24.6 Å². The van der Waals surface area contributed by atoms with Crippen LogP contribution >= 0.6 is 11.6 Å². The molecular weight excluding hydrogens is 198 g/mol. The van der Waals surface area contributed by atoms with E-state index in [-0.39, 0.29) is 5.78 Å². The van der Waals surface area contributed by atoms with Gasteiger partial charge in [-0.1, -0.05) is 17.7 Å². The Hall–Kier alpha value is -1.28. The number of anilines is 1. The van der Waals surface area contributed by atoms with E-state index >= 15 is 0 Å². The average Bonchev–Trinajstić information content (AvgIpc) is 2.18. The summed E-state index contributed by atoms with van der Waals surface area (Å²) in [5, 5.41) is 0.477. The lowest BCUT2D eigenvalue weighted by Gasteiger charge is -2.02. The van der Waals surface area contributed by atoms with E-state index in [1.807, 2.05) is 0 Å². The summed E-state index contributed by atoms with van der Waals surface area (Å²) in [5.41, 5.74) is 6.63. The molecule has 1 aromatic carbocycles. The zero-order valence-electron chi connectivity index (χ0n) is 7.79. The maximum atomic E-state index is 11.5. The third-order valence-corrected chi connectivity index (χ3v) is 2.24. The lowest BCUT2D eigenvalue weighted by Crippen LogP contribution is -1.99. The molecule has 0 aliphatic heterocycles. The molecule has 2 nitrogen and oxygen atoms in total. The maximum absolute atomic E-state index is 11.5. The molecule has 0 amide bonds. The number of benzene rings is 1. The van der Waals surface area contributed by atoms with Gasteiger partial charge in [0.2, 0.25) is 0 Å². The molecule has 0 saturated carbocycles. The van der Waals surface area contributed by atoms with Gasteiger partial charge in [0.25, 0.3) is 0 Å². The molecule has 0 spiro atoms. The summed E-state index contributed by atoms with van der Waals surface area (Å²) in [6.07, 6.45) is 2.86. The number of hydrogen-bond donors (Lipinski definition) is 1. The van der Waals surface area contributed by atoms with Gasteiger partial charge >= 0.3 is 0 Å². The van der Waals surface area contributed by atoms with E-state index in [0.29, 0.717) is 29.1 Å². The molecule has 0 bridgehead atoms. The van der Waals surface area contributed by atoms with Crippen molar-refractivity contribution in [2.24, 2.45) is 0 Å². The van der Waals surface area contributed by atoms with Gasteiger partial charge in [0.1, 0.15) is 0 Å². The number of rotatable bonds is 4. The molecule has 1 rings (SSSR count). The van der Waals surface area contributed by atoms with Crippen molar-refractivity contribution in [3.63, 3.8) is 0 Å². The van der Waals surface area contributed by atoms with Crippen LogP contribution in [0.25, 0.3) is 0 Å². The van der Waals surface area contributed by atoms with Gasteiger partial charge in [-0.15, -0.1) is 6.58 Å². The summed E-state index contributed by atoms with van der Waals surface area (Å²) in [4.78, 5) is 11.5. The maximum Gasteiger partial charge on any atom is 0.163 e. The van der Waals surface area contributed by atoms with Crippen molar-refractivity contribution in [2.45, 2.75) is 12.8 Å². The SMILES string of the molecule is C=CCCC(=O)c1ccc(Cl)c(N)c1. The first-order valence-corrected chi connectivity index (χ1v) is 4.72. The van der Waals surface area contributed by atoms with Gasteiger partial charge in [0.05, 0.1) is 10.7 Å². The number of allylic oxidation sites excluding steroid dienone is 1. The Kier molecular flexibility index (Phi) is 3.72. The smallest absolute Gasteiger partial charge is 0.163 e. The molecule has 0 aliphatic rings. The Morgan fingerprint density at radius 1 is 1.57 bits per heavy atom. The molecule has 0 unspecified atom stereocenters. The zero-order chi connectivity index (χ0) is 10.6. The van der Waals surface area contributed by atoms with Crippen molar-refractivity contribution in [1.82, 2.24) is 0 Å². The van der Waals surface area contributed by atoms with E-state index in [9.17, 15) is 4.79 Å². The molecule has 0 heterocycles. The summed E-state index contributed by atoms with van der Waals surface area (Å²) in [5.74, 6) is 0.0632. The first kappa shape index (κ1) is 10.8. The van der Waals surface area contributed by atoms with E-state index < -0.39 is 0 Å². The highest BCUT2D eigenvalue weighted by atomic mass is 35.5. The minimum atomic E-state index is 0.0632. The number of Topliss-reactive ketones (excluding diaryl/α,β-unsaturated/α-hetero) is 1. The van der Waals surface area contributed by atoms with Crippen LogP contribution in [0.2, 0.25) is 5.02 Å². The van der Waals surface area contributed by atoms with Crippen LogP contribution in [-0.4, -0.2) is 5.78 Å². The second kappa shape index (κ2) is 4.82. The van der Waals surface area contributed by atoms with Gasteiger partial charge in [0.15, 0.2) is 5.78 Å². The van der Waals surface area contributed by atoms with E-state index in [1.54, 1.807) is 24.3 Å². The number of hydrogen-bond acceptors (Lipinski definition) is 2. The van der Waals surface area contributed by atoms with E-state index in [1.165, 1.54) is 0 Å². The molecule has 1 aromatic rings. The Morgan fingerprint density at radius 2 is 2.29 bits per heavy atom. The number of ketones is 1. The predicted molar refractivity (Wildman–Crippen MR) is 59.6 cm³/mol. The van der Waals surface area contributed by atoms with E-state index in [0.717, 1.165) is 0 Å². The van der Waals surface area contributed by atoms with Crippen LogP contribution in [-0.2, 0) is 0 Å². The van der Waals surface area contributed by atoms with Crippen molar-refractivity contribution < 1.29 is 4.79 Å². The van der Waals surface area contributed by atoms with Crippen LogP contribution < -0.4 is 5.73 Å². The number of carbonyl (C=O) groups excluding carboxylic acids is 1. The molecule has 14 heavy (non-hydrogen) atoms. The molecule has 0 aromatic heterocycles. The van der Waals surface area contributed by atoms with E-state index in [4.69, 9.17) is 17.3 Å². The molecule has 0 atom stereocenters. The predicted octanol–water partition coefficient (Wildman–Crippen LogP) is 3.07. The Labute approximate surface area is 88.4 Å². The fourth-order valence-corrected chi connectivity index (χ4v) is 1.21. The molecule has 0 fully saturated rings. The van der Waals surface area contributed by atoms with Crippen LogP contribution in [0.4, 0.5) is 5.69 Å². The minimum absolute atomic E-state index is 0.0632. The first-order valence-electron chi connectivity index (χ1n) is 4.34. The molecule has 0 saturated heterocycles. The third-order valence-electron chi connectivity index (χ3n) is 1.89. The van der Waals surface area contributed by atoms with Crippen molar-refractivity contribution in [1.29, 1.82) is 0 Å². The molecule has 74 valence electrons. The largest absolute Gasteiger partial charge is 0.398 e. The monoisotopic (exact) mass is 209 g/mol. The van der Waals surface area contributed by atoms with E-state index in [2.05, 4.69) is 6.58 Å². The van der Waals surface area contributed by atoms with Crippen molar-refractivity contribution in [2.75, 3.05) is 5.73 Å². The van der Waals surface area contributed by atoms with Crippen LogP contribution in [0.15, 0.2) is 30.9 Å². The van der Waals surface area contributed by atoms with Crippen LogP contribution in [0.1, 0.15) is 23.2 Å². The standard InChI is InChI=1S/C11H12ClNO/c1-2-3-4-11(14)8-5-6-9(12)10(13)7-8/h2,5-7H,1,3-4,13H2. The fourth-order valence-electron chi connectivity index (χ4n) is 1.09. The van der Waals surface area contributed by atoms with Crippen LogP contribution in [0, 0.1) is 0 Å². The fraction of sp³-hybridized carbons (Fsp3) is 0.182. The topological polar surface area (TPSA) is 43.1 Å². The quantitative estimate of drug-likeness (QED) is 0.471. The van der Waals surface area contributed by atoms with Crippen molar-refractivity contribution in [3.05, 3.63) is 41.4 Å². The summed E-state index contributed by atoms with van der Waals surface area (Å²) in [7, 11) is 0. The van der Waals surface area contributed by atoms with Gasteiger partial charge < -0.3 is 5.73 Å². The van der Waals surface area contributed by atoms with Crippen LogP contribution in [0.5, 0.6) is 0 Å². The molecule has 0 radical (unpaired) electrons. The number of halogens is 1. The average molecular weight is 210 g/mol. The number of carbonyl (C=O) groups is 1. The lowest BCUT2D eigenvalue weighted by atomic mass is 10.1. The van der Waals surface area contributed by atoms with Gasteiger partial charge in [0, 0.05) is 12.0 Å². The summed E-state index contributed by atoms with van der Waals surface area (Å²) >= 11 is 5.74. The summed E-state index contributed by atoms with van der Waals surface area (Å²) < 4.78 is 0. The molecule has 2 N–H and O–H groups in total. The Balaban J connectivity index is 2.80. The second-order valence-electron chi connectivity index (χ2n) is 2.99. The number of nitrogen functional groups attached to an aromatic ring is 1.